The summed E-state index contributed by atoms with van der Waals surface area (Å²) in [4.78, 5) is 20.7. The van der Waals surface area contributed by atoms with Crippen LogP contribution in [0.5, 0.6) is 0 Å². The molecule has 0 saturated heterocycles. The number of aldehydes is 1. The highest BCUT2D eigenvalue weighted by Gasteiger charge is 2.77. The molecule has 62 valence electrons. The summed E-state index contributed by atoms with van der Waals surface area (Å²) in [6.07, 6.45) is -0.769. The Morgan fingerprint density at radius 3 is 2.18 bits per heavy atom. The zero-order valence-electron chi connectivity index (χ0n) is 5.77. The van der Waals surface area contributed by atoms with Crippen molar-refractivity contribution in [3.63, 3.8) is 0 Å². The fourth-order valence-electron chi connectivity index (χ4n) is 0.886. The van der Waals surface area contributed by atoms with E-state index in [0.717, 1.165) is 7.11 Å². The molecule has 1 fully saturated rings. The standard InChI is InChI=1S/C6H6F2O3/c1-11-4(10)5(3-9)2-6(5,7)8/h3H,2H2,1H3. The number of alkyl halides is 2. The highest BCUT2D eigenvalue weighted by molar-refractivity contribution is 5.98. The van der Waals surface area contributed by atoms with Crippen LogP contribution in [0.1, 0.15) is 6.42 Å². The van der Waals surface area contributed by atoms with Crippen molar-refractivity contribution in [2.75, 3.05) is 7.11 Å². The van der Waals surface area contributed by atoms with Crippen LogP contribution in [-0.2, 0) is 14.3 Å². The van der Waals surface area contributed by atoms with Gasteiger partial charge >= 0.3 is 5.97 Å². The Bertz CT molecular complexity index is 214. The average Bonchev–Trinajstić information content (AvgIpc) is 2.53. The molecule has 1 unspecified atom stereocenters. The van der Waals surface area contributed by atoms with E-state index >= 15 is 0 Å². The molecule has 0 amide bonds. The third kappa shape index (κ3) is 0.834. The maximum Gasteiger partial charge on any atom is 0.325 e. The quantitative estimate of drug-likeness (QED) is 0.336. The molecule has 0 radical (unpaired) electrons. The Kier molecular flexibility index (Phi) is 1.47. The first kappa shape index (κ1) is 8.10. The van der Waals surface area contributed by atoms with Crippen LogP contribution < -0.4 is 0 Å². The van der Waals surface area contributed by atoms with Gasteiger partial charge in [-0.3, -0.25) is 4.79 Å². The average molecular weight is 164 g/mol. The van der Waals surface area contributed by atoms with E-state index in [-0.39, 0.29) is 6.29 Å². The Morgan fingerprint density at radius 2 is 2.09 bits per heavy atom. The number of esters is 1. The minimum absolute atomic E-state index is 0.0428. The van der Waals surface area contributed by atoms with Gasteiger partial charge in [-0.1, -0.05) is 0 Å². The van der Waals surface area contributed by atoms with Crippen LogP contribution in [0.25, 0.3) is 0 Å². The van der Waals surface area contributed by atoms with Crippen molar-refractivity contribution in [1.82, 2.24) is 0 Å². The maximum atomic E-state index is 12.4. The molecule has 0 spiro atoms. The number of methoxy groups -OCH3 is 1. The van der Waals surface area contributed by atoms with Gasteiger partial charge in [0.05, 0.1) is 7.11 Å². The molecule has 11 heavy (non-hydrogen) atoms. The zero-order valence-corrected chi connectivity index (χ0v) is 5.77. The van der Waals surface area contributed by atoms with Crippen LogP contribution in [0.2, 0.25) is 0 Å². The molecule has 0 aromatic rings. The highest BCUT2D eigenvalue weighted by Crippen LogP contribution is 2.59. The lowest BCUT2D eigenvalue weighted by molar-refractivity contribution is -0.152. The summed E-state index contributed by atoms with van der Waals surface area (Å²) >= 11 is 0. The Hall–Kier alpha value is -1.00. The summed E-state index contributed by atoms with van der Waals surface area (Å²) in [7, 11) is 0.974. The molecule has 0 N–H and O–H groups in total. The third-order valence-corrected chi connectivity index (χ3v) is 1.78. The van der Waals surface area contributed by atoms with Gasteiger partial charge in [0, 0.05) is 6.42 Å². The van der Waals surface area contributed by atoms with Gasteiger partial charge in [0.1, 0.15) is 6.29 Å². The van der Waals surface area contributed by atoms with Crippen molar-refractivity contribution < 1.29 is 23.1 Å². The summed E-state index contributed by atoms with van der Waals surface area (Å²) in [5.74, 6) is -4.36. The van der Waals surface area contributed by atoms with Gasteiger partial charge in [0.2, 0.25) is 0 Å². The molecule has 0 bridgehead atoms. The van der Waals surface area contributed by atoms with Crippen LogP contribution >= 0.6 is 0 Å². The molecule has 1 aliphatic rings. The van der Waals surface area contributed by atoms with Crippen molar-refractivity contribution in [2.24, 2.45) is 5.41 Å². The van der Waals surface area contributed by atoms with Crippen molar-refractivity contribution in [3.8, 4) is 0 Å². The van der Waals surface area contributed by atoms with E-state index < -0.39 is 23.7 Å². The van der Waals surface area contributed by atoms with Gasteiger partial charge < -0.3 is 9.53 Å². The van der Waals surface area contributed by atoms with E-state index in [4.69, 9.17) is 0 Å². The summed E-state index contributed by atoms with van der Waals surface area (Å²) in [6, 6.07) is 0. The summed E-state index contributed by atoms with van der Waals surface area (Å²) < 4.78 is 28.8. The normalized spacial score (nSPS) is 32.6. The molecule has 5 heteroatoms. The van der Waals surface area contributed by atoms with Crippen LogP contribution in [0.15, 0.2) is 0 Å². The van der Waals surface area contributed by atoms with Crippen LogP contribution in [0, 0.1) is 5.41 Å². The van der Waals surface area contributed by atoms with Gasteiger partial charge in [-0.05, 0) is 0 Å². The Labute approximate surface area is 61.3 Å². The Morgan fingerprint density at radius 1 is 1.64 bits per heavy atom. The molecular weight excluding hydrogens is 158 g/mol. The molecule has 1 rings (SSSR count). The molecule has 1 atom stereocenters. The van der Waals surface area contributed by atoms with E-state index in [1.54, 1.807) is 0 Å². The number of hydrogen-bond donors (Lipinski definition) is 0. The van der Waals surface area contributed by atoms with E-state index in [2.05, 4.69) is 4.74 Å². The minimum atomic E-state index is -3.21. The number of halogens is 2. The molecule has 1 saturated carbocycles. The van der Waals surface area contributed by atoms with E-state index in [1.165, 1.54) is 0 Å². The van der Waals surface area contributed by atoms with Gasteiger partial charge in [0.15, 0.2) is 5.41 Å². The van der Waals surface area contributed by atoms with Crippen LogP contribution in [-0.4, -0.2) is 25.3 Å². The van der Waals surface area contributed by atoms with Crippen LogP contribution in [0.4, 0.5) is 8.78 Å². The van der Waals surface area contributed by atoms with Gasteiger partial charge in [0.25, 0.3) is 5.92 Å². The maximum absolute atomic E-state index is 12.4. The molecule has 0 heterocycles. The predicted molar refractivity (Wildman–Crippen MR) is 30.1 cm³/mol. The highest BCUT2D eigenvalue weighted by atomic mass is 19.3. The Balaban J connectivity index is 2.83. The first-order chi connectivity index (χ1) is 5.00. The lowest BCUT2D eigenvalue weighted by atomic mass is 10.1. The monoisotopic (exact) mass is 164 g/mol. The van der Waals surface area contributed by atoms with Crippen molar-refractivity contribution in [1.29, 1.82) is 0 Å². The first-order valence-corrected chi connectivity index (χ1v) is 2.93. The number of ether oxygens (including phenoxy) is 1. The summed E-state index contributed by atoms with van der Waals surface area (Å²) in [6.45, 7) is 0. The minimum Gasteiger partial charge on any atom is -0.468 e. The second-order valence-corrected chi connectivity index (χ2v) is 2.46. The number of carbonyl (C=O) groups is 2. The van der Waals surface area contributed by atoms with Crippen molar-refractivity contribution >= 4 is 12.3 Å². The molecule has 1 aliphatic carbocycles. The molecule has 0 aliphatic heterocycles. The van der Waals surface area contributed by atoms with Crippen molar-refractivity contribution in [2.45, 2.75) is 12.3 Å². The molecule has 0 aromatic heterocycles. The summed E-state index contributed by atoms with van der Waals surface area (Å²) in [5.41, 5.74) is -2.18. The number of hydrogen-bond acceptors (Lipinski definition) is 3. The van der Waals surface area contributed by atoms with E-state index in [0.29, 0.717) is 0 Å². The molecular formula is C6H6F2O3. The van der Waals surface area contributed by atoms with Gasteiger partial charge in [-0.25, -0.2) is 8.78 Å². The number of rotatable bonds is 2. The SMILES string of the molecule is COC(=O)C1(C=O)CC1(F)F. The fraction of sp³-hybridized carbons (Fsp3) is 0.667. The van der Waals surface area contributed by atoms with Gasteiger partial charge in [-0.15, -0.1) is 0 Å². The van der Waals surface area contributed by atoms with Crippen molar-refractivity contribution in [3.05, 3.63) is 0 Å². The van der Waals surface area contributed by atoms with E-state index in [9.17, 15) is 18.4 Å². The largest absolute Gasteiger partial charge is 0.468 e. The fourth-order valence-corrected chi connectivity index (χ4v) is 0.886. The first-order valence-electron chi connectivity index (χ1n) is 2.93. The number of carbonyl (C=O) groups excluding carboxylic acids is 2. The van der Waals surface area contributed by atoms with E-state index in [1.807, 2.05) is 0 Å². The molecule has 3 nitrogen and oxygen atoms in total. The summed E-state index contributed by atoms with van der Waals surface area (Å²) in [5, 5.41) is 0. The predicted octanol–water partition coefficient (Wildman–Crippen LogP) is 0.384. The lowest BCUT2D eigenvalue weighted by Crippen LogP contribution is -2.25. The van der Waals surface area contributed by atoms with Gasteiger partial charge in [-0.2, -0.15) is 0 Å². The zero-order chi connectivity index (χ0) is 8.70. The lowest BCUT2D eigenvalue weighted by Gasteiger charge is -2.04. The van der Waals surface area contributed by atoms with Crippen LogP contribution in [0.3, 0.4) is 0 Å². The molecule has 0 aromatic carbocycles. The topological polar surface area (TPSA) is 43.4 Å². The third-order valence-electron chi connectivity index (χ3n) is 1.78. The smallest absolute Gasteiger partial charge is 0.325 e. The second kappa shape index (κ2) is 1.99. The second-order valence-electron chi connectivity index (χ2n) is 2.46.